The molecule has 0 saturated carbocycles. The summed E-state index contributed by atoms with van der Waals surface area (Å²) in [7, 11) is 0. The Morgan fingerprint density at radius 3 is 2.58 bits per heavy atom. The van der Waals surface area contributed by atoms with E-state index in [9.17, 15) is 4.79 Å². The minimum Gasteiger partial charge on any atom is -0.395 e. The van der Waals surface area contributed by atoms with Gasteiger partial charge < -0.3 is 15.3 Å². The number of hydrogen-bond donors (Lipinski definition) is 2. The van der Waals surface area contributed by atoms with Gasteiger partial charge in [0.15, 0.2) is 0 Å². The number of amides is 2. The van der Waals surface area contributed by atoms with E-state index in [-0.39, 0.29) is 18.1 Å². The van der Waals surface area contributed by atoms with Gasteiger partial charge in [-0.25, -0.2) is 4.79 Å². The standard InChI is InChI=1S/C14H23N3O2/c1-4-17(9-10-18)13(19)16-11-14(2,3)12-5-7-15-8-6-12/h5-8,18H,4,9-11H2,1-3H3,(H,16,19). The van der Waals surface area contributed by atoms with Crippen LogP contribution in [0.2, 0.25) is 0 Å². The van der Waals surface area contributed by atoms with Crippen molar-refractivity contribution in [2.24, 2.45) is 0 Å². The molecule has 1 aromatic rings. The zero-order valence-electron chi connectivity index (χ0n) is 11.9. The predicted octanol–water partition coefficient (Wildman–Crippen LogP) is 1.38. The van der Waals surface area contributed by atoms with Crippen LogP contribution in [0.15, 0.2) is 24.5 Å². The molecule has 0 aliphatic carbocycles. The van der Waals surface area contributed by atoms with Crippen LogP contribution in [0, 0.1) is 0 Å². The van der Waals surface area contributed by atoms with Crippen molar-refractivity contribution >= 4 is 6.03 Å². The Morgan fingerprint density at radius 2 is 2.05 bits per heavy atom. The number of aromatic nitrogens is 1. The van der Waals surface area contributed by atoms with E-state index in [1.165, 1.54) is 0 Å². The number of aliphatic hydroxyl groups is 1. The number of pyridine rings is 1. The maximum atomic E-state index is 11.9. The van der Waals surface area contributed by atoms with Gasteiger partial charge in [0.25, 0.3) is 0 Å². The quantitative estimate of drug-likeness (QED) is 0.816. The van der Waals surface area contributed by atoms with Gasteiger partial charge in [0, 0.05) is 37.4 Å². The van der Waals surface area contributed by atoms with Crippen molar-refractivity contribution in [2.75, 3.05) is 26.2 Å². The van der Waals surface area contributed by atoms with Crippen LogP contribution in [0.1, 0.15) is 26.3 Å². The summed E-state index contributed by atoms with van der Waals surface area (Å²) in [6.07, 6.45) is 3.51. The van der Waals surface area contributed by atoms with Gasteiger partial charge >= 0.3 is 6.03 Å². The van der Waals surface area contributed by atoms with E-state index in [1.54, 1.807) is 17.3 Å². The van der Waals surface area contributed by atoms with Crippen LogP contribution in [0.4, 0.5) is 4.79 Å². The average molecular weight is 265 g/mol. The fourth-order valence-corrected chi connectivity index (χ4v) is 1.84. The van der Waals surface area contributed by atoms with Gasteiger partial charge in [-0.05, 0) is 24.6 Å². The van der Waals surface area contributed by atoms with Crippen molar-refractivity contribution < 1.29 is 9.90 Å². The SMILES string of the molecule is CCN(CCO)C(=O)NCC(C)(C)c1ccncc1. The number of hydrogen-bond acceptors (Lipinski definition) is 3. The third-order valence-corrected chi connectivity index (χ3v) is 3.18. The molecule has 0 atom stereocenters. The summed E-state index contributed by atoms with van der Waals surface area (Å²) in [5.41, 5.74) is 0.977. The molecule has 106 valence electrons. The van der Waals surface area contributed by atoms with Crippen LogP contribution in [0.5, 0.6) is 0 Å². The molecule has 0 unspecified atom stereocenters. The number of urea groups is 1. The molecule has 5 heteroatoms. The molecule has 0 spiro atoms. The topological polar surface area (TPSA) is 65.5 Å². The lowest BCUT2D eigenvalue weighted by Gasteiger charge is -2.28. The Bertz CT molecular complexity index is 393. The number of carbonyl (C=O) groups is 1. The third-order valence-electron chi connectivity index (χ3n) is 3.18. The first-order valence-electron chi connectivity index (χ1n) is 6.55. The van der Waals surface area contributed by atoms with Crippen molar-refractivity contribution in [3.63, 3.8) is 0 Å². The molecule has 2 N–H and O–H groups in total. The van der Waals surface area contributed by atoms with Crippen molar-refractivity contribution in [3.8, 4) is 0 Å². The van der Waals surface area contributed by atoms with Gasteiger partial charge in [0.1, 0.15) is 0 Å². The van der Waals surface area contributed by atoms with E-state index in [1.807, 2.05) is 19.1 Å². The lowest BCUT2D eigenvalue weighted by atomic mass is 9.85. The van der Waals surface area contributed by atoms with E-state index in [4.69, 9.17) is 5.11 Å². The molecule has 0 fully saturated rings. The Hall–Kier alpha value is -1.62. The molecular formula is C14H23N3O2. The predicted molar refractivity (Wildman–Crippen MR) is 75.0 cm³/mol. The van der Waals surface area contributed by atoms with E-state index < -0.39 is 0 Å². The molecule has 0 radical (unpaired) electrons. The molecular weight excluding hydrogens is 242 g/mol. The normalized spacial score (nSPS) is 11.2. The molecule has 0 saturated heterocycles. The van der Waals surface area contributed by atoms with Crippen LogP contribution in [0.3, 0.4) is 0 Å². The molecule has 5 nitrogen and oxygen atoms in total. The monoisotopic (exact) mass is 265 g/mol. The Labute approximate surface area is 114 Å². The van der Waals surface area contributed by atoms with Crippen LogP contribution in [-0.2, 0) is 5.41 Å². The molecule has 1 aromatic heterocycles. The number of nitrogens with one attached hydrogen (secondary N) is 1. The number of carbonyl (C=O) groups excluding carboxylic acids is 1. The minimum atomic E-state index is -0.156. The van der Waals surface area contributed by atoms with Gasteiger partial charge in [0.05, 0.1) is 6.61 Å². The average Bonchev–Trinajstić information content (AvgIpc) is 2.43. The van der Waals surface area contributed by atoms with Crippen LogP contribution >= 0.6 is 0 Å². The fourth-order valence-electron chi connectivity index (χ4n) is 1.84. The van der Waals surface area contributed by atoms with E-state index in [2.05, 4.69) is 24.1 Å². The Balaban J connectivity index is 2.58. The lowest BCUT2D eigenvalue weighted by Crippen LogP contribution is -2.45. The highest BCUT2D eigenvalue weighted by Gasteiger charge is 2.22. The van der Waals surface area contributed by atoms with Gasteiger partial charge in [-0.1, -0.05) is 13.8 Å². The van der Waals surface area contributed by atoms with Crippen molar-refractivity contribution in [1.82, 2.24) is 15.2 Å². The smallest absolute Gasteiger partial charge is 0.317 e. The second-order valence-electron chi connectivity index (χ2n) is 5.08. The highest BCUT2D eigenvalue weighted by molar-refractivity contribution is 5.74. The molecule has 0 aliphatic rings. The Kier molecular flexibility index (Phi) is 5.76. The van der Waals surface area contributed by atoms with Gasteiger partial charge in [-0.2, -0.15) is 0 Å². The number of aliphatic hydroxyl groups excluding tert-OH is 1. The molecule has 0 bridgehead atoms. The number of rotatable bonds is 6. The van der Waals surface area contributed by atoms with Crippen molar-refractivity contribution in [1.29, 1.82) is 0 Å². The summed E-state index contributed by atoms with van der Waals surface area (Å²) in [5, 5.41) is 11.8. The van der Waals surface area contributed by atoms with Gasteiger partial charge in [0.2, 0.25) is 0 Å². The zero-order valence-corrected chi connectivity index (χ0v) is 11.9. The van der Waals surface area contributed by atoms with E-state index in [0.29, 0.717) is 19.6 Å². The van der Waals surface area contributed by atoms with Crippen molar-refractivity contribution in [2.45, 2.75) is 26.2 Å². The first-order valence-corrected chi connectivity index (χ1v) is 6.55. The summed E-state index contributed by atoms with van der Waals surface area (Å²) in [6.45, 7) is 7.51. The minimum absolute atomic E-state index is 0.0188. The number of likely N-dealkylation sites (N-methyl/N-ethyl adjacent to an activating group) is 1. The summed E-state index contributed by atoms with van der Waals surface area (Å²) < 4.78 is 0. The molecule has 0 aliphatic heterocycles. The van der Waals surface area contributed by atoms with Crippen molar-refractivity contribution in [3.05, 3.63) is 30.1 Å². The summed E-state index contributed by atoms with van der Waals surface area (Å²) in [4.78, 5) is 17.5. The summed E-state index contributed by atoms with van der Waals surface area (Å²) >= 11 is 0. The second kappa shape index (κ2) is 7.09. The second-order valence-corrected chi connectivity index (χ2v) is 5.08. The summed E-state index contributed by atoms with van der Waals surface area (Å²) in [5.74, 6) is 0. The molecule has 19 heavy (non-hydrogen) atoms. The lowest BCUT2D eigenvalue weighted by molar-refractivity contribution is 0.178. The Morgan fingerprint density at radius 1 is 1.42 bits per heavy atom. The molecule has 2 amide bonds. The van der Waals surface area contributed by atoms with Gasteiger partial charge in [-0.3, -0.25) is 4.98 Å². The molecule has 0 aromatic carbocycles. The molecule has 1 heterocycles. The third kappa shape index (κ3) is 4.52. The highest BCUT2D eigenvalue weighted by atomic mass is 16.3. The maximum Gasteiger partial charge on any atom is 0.317 e. The van der Waals surface area contributed by atoms with E-state index >= 15 is 0 Å². The number of nitrogens with zero attached hydrogens (tertiary/aromatic N) is 2. The first-order chi connectivity index (χ1) is 9.01. The first kappa shape index (κ1) is 15.4. The zero-order chi connectivity index (χ0) is 14.3. The largest absolute Gasteiger partial charge is 0.395 e. The molecule has 1 rings (SSSR count). The fraction of sp³-hybridized carbons (Fsp3) is 0.571. The van der Waals surface area contributed by atoms with Crippen LogP contribution < -0.4 is 5.32 Å². The van der Waals surface area contributed by atoms with Crippen LogP contribution in [-0.4, -0.2) is 47.3 Å². The van der Waals surface area contributed by atoms with Crippen LogP contribution in [0.25, 0.3) is 0 Å². The maximum absolute atomic E-state index is 11.9. The highest BCUT2D eigenvalue weighted by Crippen LogP contribution is 2.21. The van der Waals surface area contributed by atoms with E-state index in [0.717, 1.165) is 5.56 Å². The van der Waals surface area contributed by atoms with Gasteiger partial charge in [-0.15, -0.1) is 0 Å². The summed E-state index contributed by atoms with van der Waals surface area (Å²) in [6, 6.07) is 3.77.